The molecular formula is C11H18N2O4. The summed E-state index contributed by atoms with van der Waals surface area (Å²) in [5, 5.41) is 24.1. The molecule has 6 heteroatoms. The van der Waals surface area contributed by atoms with Gasteiger partial charge in [-0.05, 0) is 6.92 Å². The van der Waals surface area contributed by atoms with E-state index in [-0.39, 0.29) is 25.0 Å². The molecule has 0 aliphatic carbocycles. The molecule has 0 radical (unpaired) electrons. The molecule has 1 amide bonds. The molecule has 96 valence electrons. The Kier molecular flexibility index (Phi) is 4.65. The van der Waals surface area contributed by atoms with E-state index in [0.717, 1.165) is 0 Å². The van der Waals surface area contributed by atoms with Crippen LogP contribution in [0.25, 0.3) is 0 Å². The molecule has 1 rings (SSSR count). The smallest absolute Gasteiger partial charge is 0.256 e. The molecule has 1 atom stereocenters. The number of hydrogen-bond acceptors (Lipinski definition) is 5. The molecule has 0 spiro atoms. The van der Waals surface area contributed by atoms with Crippen LogP contribution in [0.3, 0.4) is 0 Å². The Balaban J connectivity index is 2.78. The molecule has 0 aliphatic rings. The van der Waals surface area contributed by atoms with Crippen molar-refractivity contribution in [2.24, 2.45) is 0 Å². The third kappa shape index (κ3) is 3.28. The lowest BCUT2D eigenvalue weighted by atomic mass is 10.0. The first-order valence-corrected chi connectivity index (χ1v) is 5.50. The van der Waals surface area contributed by atoms with E-state index in [1.165, 1.54) is 0 Å². The van der Waals surface area contributed by atoms with E-state index in [1.807, 2.05) is 13.8 Å². The maximum Gasteiger partial charge on any atom is 0.256 e. The zero-order valence-corrected chi connectivity index (χ0v) is 10.2. The first-order valence-electron chi connectivity index (χ1n) is 5.50. The number of hydrogen-bond donors (Lipinski definition) is 3. The van der Waals surface area contributed by atoms with Crippen LogP contribution in [0.4, 0.5) is 0 Å². The molecule has 0 aliphatic heterocycles. The van der Waals surface area contributed by atoms with Gasteiger partial charge in [0, 0.05) is 12.5 Å². The lowest BCUT2D eigenvalue weighted by molar-refractivity contribution is 0.0800. The van der Waals surface area contributed by atoms with Crippen molar-refractivity contribution in [1.82, 2.24) is 10.5 Å². The minimum atomic E-state index is -0.957. The van der Waals surface area contributed by atoms with Crippen molar-refractivity contribution in [3.05, 3.63) is 17.0 Å². The molecule has 0 aromatic carbocycles. The highest BCUT2D eigenvalue weighted by molar-refractivity contribution is 5.96. The Hall–Kier alpha value is -1.40. The molecule has 1 heterocycles. The third-order valence-electron chi connectivity index (χ3n) is 2.35. The van der Waals surface area contributed by atoms with Gasteiger partial charge in [0.25, 0.3) is 5.91 Å². The Morgan fingerprint density at radius 1 is 1.53 bits per heavy atom. The Morgan fingerprint density at radius 2 is 2.18 bits per heavy atom. The fourth-order valence-electron chi connectivity index (χ4n) is 1.42. The topological polar surface area (TPSA) is 95.6 Å². The van der Waals surface area contributed by atoms with Gasteiger partial charge in [0.1, 0.15) is 5.56 Å². The van der Waals surface area contributed by atoms with E-state index in [1.54, 1.807) is 6.92 Å². The standard InChI is InChI=1S/C11H18N2O4/c1-6(2)10-9(7(3)13-17-10)11(16)12-4-8(15)5-14/h6,8,14-15H,4-5H2,1-3H3,(H,12,16). The maximum atomic E-state index is 11.9. The summed E-state index contributed by atoms with van der Waals surface area (Å²) < 4.78 is 5.09. The van der Waals surface area contributed by atoms with Gasteiger partial charge in [0.2, 0.25) is 0 Å². The highest BCUT2D eigenvalue weighted by Crippen LogP contribution is 2.21. The number of nitrogens with zero attached hydrogens (tertiary/aromatic N) is 1. The van der Waals surface area contributed by atoms with Crippen LogP contribution in [0.5, 0.6) is 0 Å². The number of nitrogens with one attached hydrogen (secondary N) is 1. The van der Waals surface area contributed by atoms with Gasteiger partial charge in [-0.15, -0.1) is 0 Å². The number of carbonyl (C=O) groups is 1. The zero-order valence-electron chi connectivity index (χ0n) is 10.2. The molecule has 0 saturated carbocycles. The van der Waals surface area contributed by atoms with Crippen molar-refractivity contribution in [3.63, 3.8) is 0 Å². The van der Waals surface area contributed by atoms with Gasteiger partial charge in [-0.2, -0.15) is 0 Å². The number of aliphatic hydroxyl groups excluding tert-OH is 2. The van der Waals surface area contributed by atoms with E-state index in [0.29, 0.717) is 17.0 Å². The second-order valence-electron chi connectivity index (χ2n) is 4.21. The van der Waals surface area contributed by atoms with Gasteiger partial charge in [-0.3, -0.25) is 4.79 Å². The first-order chi connectivity index (χ1) is 7.97. The monoisotopic (exact) mass is 242 g/mol. The molecule has 1 unspecified atom stereocenters. The summed E-state index contributed by atoms with van der Waals surface area (Å²) >= 11 is 0. The van der Waals surface area contributed by atoms with Crippen LogP contribution >= 0.6 is 0 Å². The van der Waals surface area contributed by atoms with E-state index in [2.05, 4.69) is 10.5 Å². The Labute approximate surface area is 99.6 Å². The van der Waals surface area contributed by atoms with Crippen LogP contribution in [0.1, 0.15) is 41.6 Å². The Morgan fingerprint density at radius 3 is 2.71 bits per heavy atom. The highest BCUT2D eigenvalue weighted by atomic mass is 16.5. The van der Waals surface area contributed by atoms with Gasteiger partial charge in [0.15, 0.2) is 5.76 Å². The van der Waals surface area contributed by atoms with Crippen LogP contribution in [-0.4, -0.2) is 40.5 Å². The van der Waals surface area contributed by atoms with Crippen molar-refractivity contribution in [1.29, 1.82) is 0 Å². The summed E-state index contributed by atoms with van der Waals surface area (Å²) in [6, 6.07) is 0. The number of carbonyl (C=O) groups excluding carboxylic acids is 1. The number of aromatic nitrogens is 1. The molecule has 3 N–H and O–H groups in total. The van der Waals surface area contributed by atoms with Crippen molar-refractivity contribution in [2.45, 2.75) is 32.8 Å². The average Bonchev–Trinajstić information content (AvgIpc) is 2.67. The molecule has 0 bridgehead atoms. The number of amides is 1. The van der Waals surface area contributed by atoms with Crippen LogP contribution in [0.2, 0.25) is 0 Å². The third-order valence-corrected chi connectivity index (χ3v) is 2.35. The molecule has 0 fully saturated rings. The SMILES string of the molecule is Cc1noc(C(C)C)c1C(=O)NCC(O)CO. The lowest BCUT2D eigenvalue weighted by Crippen LogP contribution is -2.34. The van der Waals surface area contributed by atoms with Gasteiger partial charge in [0.05, 0.1) is 18.4 Å². The van der Waals surface area contributed by atoms with Crippen LogP contribution < -0.4 is 5.32 Å². The van der Waals surface area contributed by atoms with E-state index >= 15 is 0 Å². The minimum absolute atomic E-state index is 0.00249. The van der Waals surface area contributed by atoms with Crippen molar-refractivity contribution in [3.8, 4) is 0 Å². The lowest BCUT2D eigenvalue weighted by Gasteiger charge is -2.09. The minimum Gasteiger partial charge on any atom is -0.394 e. The predicted molar refractivity (Wildman–Crippen MR) is 60.8 cm³/mol. The predicted octanol–water partition coefficient (Wildman–Crippen LogP) is 0.189. The van der Waals surface area contributed by atoms with Gasteiger partial charge >= 0.3 is 0 Å². The second kappa shape index (κ2) is 5.79. The molecule has 6 nitrogen and oxygen atoms in total. The van der Waals surface area contributed by atoms with Crippen LogP contribution in [0, 0.1) is 6.92 Å². The summed E-state index contributed by atoms with van der Waals surface area (Å²) in [6.07, 6.45) is -0.957. The van der Waals surface area contributed by atoms with Gasteiger partial charge in [-0.1, -0.05) is 19.0 Å². The van der Waals surface area contributed by atoms with Gasteiger partial charge in [-0.25, -0.2) is 0 Å². The largest absolute Gasteiger partial charge is 0.394 e. The zero-order chi connectivity index (χ0) is 13.0. The molecule has 1 aromatic heterocycles. The summed E-state index contributed by atoms with van der Waals surface area (Å²) in [5.41, 5.74) is 0.926. The summed E-state index contributed by atoms with van der Waals surface area (Å²) in [7, 11) is 0. The quantitative estimate of drug-likeness (QED) is 0.685. The number of aryl methyl sites for hydroxylation is 1. The van der Waals surface area contributed by atoms with E-state index in [9.17, 15) is 4.79 Å². The normalized spacial score (nSPS) is 12.8. The maximum absolute atomic E-state index is 11.9. The van der Waals surface area contributed by atoms with Crippen LogP contribution in [-0.2, 0) is 0 Å². The number of aliphatic hydroxyl groups is 2. The van der Waals surface area contributed by atoms with Crippen LogP contribution in [0.15, 0.2) is 4.52 Å². The number of rotatable bonds is 5. The highest BCUT2D eigenvalue weighted by Gasteiger charge is 2.22. The summed E-state index contributed by atoms with van der Waals surface area (Å²) in [6.45, 7) is 5.10. The van der Waals surface area contributed by atoms with Gasteiger partial charge < -0.3 is 20.1 Å². The summed E-state index contributed by atoms with van der Waals surface area (Å²) in [5.74, 6) is 0.234. The fraction of sp³-hybridized carbons (Fsp3) is 0.636. The molecule has 0 saturated heterocycles. The van der Waals surface area contributed by atoms with E-state index in [4.69, 9.17) is 14.7 Å². The average molecular weight is 242 g/mol. The Bertz CT molecular complexity index is 387. The summed E-state index contributed by atoms with van der Waals surface area (Å²) in [4.78, 5) is 11.9. The van der Waals surface area contributed by atoms with Crippen molar-refractivity contribution < 1.29 is 19.5 Å². The van der Waals surface area contributed by atoms with Crippen molar-refractivity contribution in [2.75, 3.05) is 13.2 Å². The fourth-order valence-corrected chi connectivity index (χ4v) is 1.42. The molecule has 17 heavy (non-hydrogen) atoms. The second-order valence-corrected chi connectivity index (χ2v) is 4.21. The molecular weight excluding hydrogens is 224 g/mol. The van der Waals surface area contributed by atoms with Crippen molar-refractivity contribution >= 4 is 5.91 Å². The molecule has 1 aromatic rings. The van der Waals surface area contributed by atoms with E-state index < -0.39 is 6.10 Å². The first kappa shape index (κ1) is 13.7.